The number of nitrogens with one attached hydrogen (secondary N) is 1. The number of nitrogens with zero attached hydrogens (tertiary/aromatic N) is 4. The summed E-state index contributed by atoms with van der Waals surface area (Å²) in [6.45, 7) is -0.216. The SMILES string of the molecule is NC(=O)COc1cccc(-c2cc(Nc3ccc(C(N)=O)cc3)nc3ncnn23)c1. The monoisotopic (exact) mass is 403 g/mol. The van der Waals surface area contributed by atoms with Crippen molar-refractivity contribution in [3.05, 3.63) is 66.5 Å². The highest BCUT2D eigenvalue weighted by Gasteiger charge is 2.11. The Morgan fingerprint density at radius 3 is 2.60 bits per heavy atom. The second-order valence-electron chi connectivity index (χ2n) is 6.35. The maximum absolute atomic E-state index is 11.2. The van der Waals surface area contributed by atoms with Gasteiger partial charge in [-0.2, -0.15) is 19.6 Å². The van der Waals surface area contributed by atoms with E-state index < -0.39 is 11.8 Å². The number of fused-ring (bicyclic) bond motifs is 1. The summed E-state index contributed by atoms with van der Waals surface area (Å²) >= 11 is 0. The van der Waals surface area contributed by atoms with E-state index in [1.807, 2.05) is 6.07 Å². The topological polar surface area (TPSA) is 151 Å². The minimum absolute atomic E-state index is 0.216. The van der Waals surface area contributed by atoms with Crippen LogP contribution in [0, 0.1) is 0 Å². The third-order valence-corrected chi connectivity index (χ3v) is 4.20. The van der Waals surface area contributed by atoms with E-state index >= 15 is 0 Å². The van der Waals surface area contributed by atoms with Crippen LogP contribution in [0.1, 0.15) is 10.4 Å². The molecule has 5 N–H and O–H groups in total. The lowest BCUT2D eigenvalue weighted by Crippen LogP contribution is -2.20. The average molecular weight is 403 g/mol. The number of amides is 2. The van der Waals surface area contributed by atoms with Crippen LogP contribution in [0.2, 0.25) is 0 Å². The van der Waals surface area contributed by atoms with E-state index in [0.29, 0.717) is 28.6 Å². The van der Waals surface area contributed by atoms with E-state index in [1.165, 1.54) is 6.33 Å². The summed E-state index contributed by atoms with van der Waals surface area (Å²) in [5.41, 5.74) is 13.0. The number of ether oxygens (including phenoxy) is 1. The van der Waals surface area contributed by atoms with E-state index in [4.69, 9.17) is 16.2 Å². The number of hydrogen-bond donors (Lipinski definition) is 3. The molecule has 0 aliphatic heterocycles. The summed E-state index contributed by atoms with van der Waals surface area (Å²) in [7, 11) is 0. The fraction of sp³-hybridized carbons (Fsp3) is 0.0500. The number of benzene rings is 2. The molecule has 4 rings (SSSR count). The highest BCUT2D eigenvalue weighted by Crippen LogP contribution is 2.27. The van der Waals surface area contributed by atoms with E-state index in [-0.39, 0.29) is 6.61 Å². The second kappa shape index (κ2) is 7.87. The van der Waals surface area contributed by atoms with Crippen LogP contribution in [0.4, 0.5) is 11.5 Å². The minimum atomic E-state index is -0.558. The standard InChI is InChI=1S/C20H17N7O3/c21-17(28)10-30-15-3-1-2-13(8-15)16-9-18(26-20-23-11-24-27(16)20)25-14-6-4-12(5-7-14)19(22)29/h1-9,11H,10H2,(H2,21,28)(H2,22,29)(H,23,24,25,26). The molecule has 0 unspecified atom stereocenters. The van der Waals surface area contributed by atoms with Crippen molar-refractivity contribution in [3.63, 3.8) is 0 Å². The number of nitrogens with two attached hydrogens (primary N) is 2. The van der Waals surface area contributed by atoms with Crippen LogP contribution < -0.4 is 21.5 Å². The summed E-state index contributed by atoms with van der Waals surface area (Å²) in [4.78, 5) is 30.8. The first kappa shape index (κ1) is 18.9. The number of carbonyl (C=O) groups is 2. The fourth-order valence-corrected chi connectivity index (χ4v) is 2.85. The first-order chi connectivity index (χ1) is 14.5. The molecule has 2 heterocycles. The van der Waals surface area contributed by atoms with Crippen LogP contribution in [0.15, 0.2) is 60.9 Å². The quantitative estimate of drug-likeness (QED) is 0.423. The van der Waals surface area contributed by atoms with Gasteiger partial charge >= 0.3 is 0 Å². The summed E-state index contributed by atoms with van der Waals surface area (Å²) in [6.07, 6.45) is 1.41. The van der Waals surface area contributed by atoms with Gasteiger partial charge in [0.05, 0.1) is 5.69 Å². The zero-order chi connectivity index (χ0) is 21.1. The van der Waals surface area contributed by atoms with Gasteiger partial charge in [-0.1, -0.05) is 12.1 Å². The van der Waals surface area contributed by atoms with Gasteiger partial charge in [-0.25, -0.2) is 0 Å². The Hall–Kier alpha value is -4.47. The molecule has 0 atom stereocenters. The van der Waals surface area contributed by atoms with Gasteiger partial charge in [0.2, 0.25) is 5.91 Å². The lowest BCUT2D eigenvalue weighted by atomic mass is 10.1. The van der Waals surface area contributed by atoms with Gasteiger partial charge in [-0.05, 0) is 36.4 Å². The first-order valence-corrected chi connectivity index (χ1v) is 8.89. The molecular formula is C20H17N7O3. The summed E-state index contributed by atoms with van der Waals surface area (Å²) in [6, 6.07) is 15.7. The maximum Gasteiger partial charge on any atom is 0.255 e. The molecule has 2 aromatic heterocycles. The van der Waals surface area contributed by atoms with Crippen LogP contribution in [0.25, 0.3) is 17.0 Å². The predicted molar refractivity (Wildman–Crippen MR) is 109 cm³/mol. The van der Waals surface area contributed by atoms with Gasteiger partial charge in [-0.15, -0.1) is 0 Å². The molecule has 0 radical (unpaired) electrons. The van der Waals surface area contributed by atoms with Crippen LogP contribution in [0.3, 0.4) is 0 Å². The Morgan fingerprint density at radius 2 is 1.87 bits per heavy atom. The molecule has 10 nitrogen and oxygen atoms in total. The van der Waals surface area contributed by atoms with Gasteiger partial charge in [0.25, 0.3) is 11.7 Å². The number of aromatic nitrogens is 4. The van der Waals surface area contributed by atoms with Gasteiger partial charge in [0.1, 0.15) is 17.9 Å². The molecule has 2 amide bonds. The van der Waals surface area contributed by atoms with Gasteiger partial charge in [0.15, 0.2) is 6.61 Å². The zero-order valence-electron chi connectivity index (χ0n) is 15.6. The lowest BCUT2D eigenvalue weighted by molar-refractivity contribution is -0.119. The predicted octanol–water partition coefficient (Wildman–Crippen LogP) is 1.50. The second-order valence-corrected chi connectivity index (χ2v) is 6.35. The number of primary amides is 2. The van der Waals surface area contributed by atoms with Crippen molar-refractivity contribution in [2.24, 2.45) is 11.5 Å². The molecule has 0 spiro atoms. The molecule has 30 heavy (non-hydrogen) atoms. The maximum atomic E-state index is 11.2. The molecule has 0 aliphatic rings. The Balaban J connectivity index is 1.69. The van der Waals surface area contributed by atoms with Crippen molar-refractivity contribution >= 4 is 29.1 Å². The Morgan fingerprint density at radius 1 is 1.07 bits per heavy atom. The highest BCUT2D eigenvalue weighted by atomic mass is 16.5. The van der Waals surface area contributed by atoms with Crippen molar-refractivity contribution < 1.29 is 14.3 Å². The third-order valence-electron chi connectivity index (χ3n) is 4.20. The van der Waals surface area contributed by atoms with Crippen LogP contribution in [-0.2, 0) is 4.79 Å². The summed E-state index contributed by atoms with van der Waals surface area (Å²) < 4.78 is 6.98. The molecule has 0 saturated carbocycles. The van der Waals surface area contributed by atoms with E-state index in [0.717, 1.165) is 11.3 Å². The largest absolute Gasteiger partial charge is 0.484 e. The third kappa shape index (κ3) is 4.02. The van der Waals surface area contributed by atoms with Crippen LogP contribution in [-0.4, -0.2) is 38.0 Å². The number of rotatable bonds is 7. The van der Waals surface area contributed by atoms with E-state index in [1.54, 1.807) is 53.0 Å². The molecule has 4 aromatic rings. The fourth-order valence-electron chi connectivity index (χ4n) is 2.85. The Bertz CT molecular complexity index is 1230. The highest BCUT2D eigenvalue weighted by molar-refractivity contribution is 5.93. The van der Waals surface area contributed by atoms with Crippen molar-refractivity contribution in [3.8, 4) is 17.0 Å². The number of carbonyl (C=O) groups excluding carboxylic acids is 2. The summed E-state index contributed by atoms with van der Waals surface area (Å²) in [5.74, 6) is 0.364. The number of anilines is 2. The van der Waals surface area contributed by atoms with E-state index in [2.05, 4.69) is 20.4 Å². The minimum Gasteiger partial charge on any atom is -0.484 e. The molecular weight excluding hydrogens is 386 g/mol. The van der Waals surface area contributed by atoms with Crippen LogP contribution >= 0.6 is 0 Å². The number of hydrogen-bond acceptors (Lipinski definition) is 7. The molecule has 0 saturated heterocycles. The van der Waals surface area contributed by atoms with E-state index in [9.17, 15) is 9.59 Å². The Kier molecular flexibility index (Phi) is 4.95. The van der Waals surface area contributed by atoms with Gasteiger partial charge in [0, 0.05) is 22.9 Å². The normalized spacial score (nSPS) is 10.7. The average Bonchev–Trinajstić information content (AvgIpc) is 3.21. The smallest absolute Gasteiger partial charge is 0.255 e. The molecule has 0 bridgehead atoms. The van der Waals surface area contributed by atoms with Crippen molar-refractivity contribution in [1.82, 2.24) is 19.6 Å². The first-order valence-electron chi connectivity index (χ1n) is 8.89. The lowest BCUT2D eigenvalue weighted by Gasteiger charge is -2.11. The zero-order valence-corrected chi connectivity index (χ0v) is 15.6. The molecule has 150 valence electrons. The van der Waals surface area contributed by atoms with Gasteiger partial charge < -0.3 is 21.5 Å². The van der Waals surface area contributed by atoms with Gasteiger partial charge in [-0.3, -0.25) is 9.59 Å². The Labute approximate surface area is 170 Å². The van der Waals surface area contributed by atoms with Crippen molar-refractivity contribution in [2.75, 3.05) is 11.9 Å². The van der Waals surface area contributed by atoms with Crippen molar-refractivity contribution in [1.29, 1.82) is 0 Å². The molecule has 0 fully saturated rings. The van der Waals surface area contributed by atoms with Crippen molar-refractivity contribution in [2.45, 2.75) is 0 Å². The van der Waals surface area contributed by atoms with Crippen LogP contribution in [0.5, 0.6) is 5.75 Å². The summed E-state index contributed by atoms with van der Waals surface area (Å²) in [5, 5.41) is 7.41. The molecule has 0 aliphatic carbocycles. The molecule has 10 heteroatoms. The molecule has 2 aromatic carbocycles.